The minimum atomic E-state index is -0.406. The molecule has 0 saturated carbocycles. The normalized spacial score (nSPS) is 14.3. The molecule has 1 heterocycles. The molecule has 6 heteroatoms. The Kier molecular flexibility index (Phi) is 5.39. The van der Waals surface area contributed by atoms with Crippen molar-refractivity contribution in [3.8, 4) is 0 Å². The number of aryl methyl sites for hydroxylation is 1. The van der Waals surface area contributed by atoms with Crippen molar-refractivity contribution < 1.29 is 14.7 Å². The van der Waals surface area contributed by atoms with E-state index in [9.17, 15) is 9.59 Å². The Morgan fingerprint density at radius 1 is 1.22 bits per heavy atom. The molecule has 0 aromatic heterocycles. The van der Waals surface area contributed by atoms with E-state index in [1.165, 1.54) is 6.08 Å². The van der Waals surface area contributed by atoms with Crippen LogP contribution < -0.4 is 10.2 Å². The Balaban J connectivity index is 2.17. The molecule has 2 N–H and O–H groups in total. The fourth-order valence-corrected chi connectivity index (χ4v) is 2.63. The molecule has 0 saturated heterocycles. The summed E-state index contributed by atoms with van der Waals surface area (Å²) >= 11 is 0. The third kappa shape index (κ3) is 3.53. The van der Waals surface area contributed by atoms with E-state index in [0.717, 1.165) is 34.9 Å². The van der Waals surface area contributed by atoms with E-state index in [0.29, 0.717) is 0 Å². The van der Waals surface area contributed by atoms with Gasteiger partial charge >= 0.3 is 0 Å². The second kappa shape index (κ2) is 7.28. The number of imide groups is 1. The fourth-order valence-electron chi connectivity index (χ4n) is 2.63. The van der Waals surface area contributed by atoms with E-state index >= 15 is 0 Å². The maximum Gasteiger partial charge on any atom is 0.277 e. The van der Waals surface area contributed by atoms with Gasteiger partial charge in [0.15, 0.2) is 0 Å². The molecule has 0 fully saturated rings. The van der Waals surface area contributed by atoms with Crippen molar-refractivity contribution >= 4 is 23.2 Å². The number of amides is 2. The van der Waals surface area contributed by atoms with Gasteiger partial charge in [-0.05, 0) is 44.5 Å². The first-order valence-corrected chi connectivity index (χ1v) is 7.82. The van der Waals surface area contributed by atoms with Crippen LogP contribution in [0.3, 0.4) is 0 Å². The first-order valence-electron chi connectivity index (χ1n) is 7.82. The molecule has 1 aliphatic rings. The molecular formula is C17H23N3O3. The van der Waals surface area contributed by atoms with E-state index in [1.54, 1.807) is 0 Å². The average molecular weight is 317 g/mol. The zero-order valence-corrected chi connectivity index (χ0v) is 13.8. The summed E-state index contributed by atoms with van der Waals surface area (Å²) in [4.78, 5) is 27.2. The number of aliphatic hydroxyl groups is 1. The Morgan fingerprint density at radius 2 is 1.91 bits per heavy atom. The lowest BCUT2D eigenvalue weighted by molar-refractivity contribution is -0.137. The molecule has 6 nitrogen and oxygen atoms in total. The van der Waals surface area contributed by atoms with E-state index in [-0.39, 0.29) is 18.8 Å². The lowest BCUT2D eigenvalue weighted by atomic mass is 10.1. The highest BCUT2D eigenvalue weighted by atomic mass is 16.3. The zero-order chi connectivity index (χ0) is 17.0. The number of carbonyl (C=O) groups is 2. The number of rotatable bonds is 7. The predicted molar refractivity (Wildman–Crippen MR) is 90.3 cm³/mol. The molecule has 2 rings (SSSR count). The van der Waals surface area contributed by atoms with Gasteiger partial charge in [0.25, 0.3) is 11.8 Å². The number of hydrogen-bond donors (Lipinski definition) is 2. The van der Waals surface area contributed by atoms with Crippen molar-refractivity contribution in [2.45, 2.75) is 20.8 Å². The number of hydrogen-bond acceptors (Lipinski definition) is 5. The summed E-state index contributed by atoms with van der Waals surface area (Å²) in [6.45, 7) is 7.80. The maximum atomic E-state index is 12.1. The topological polar surface area (TPSA) is 72.9 Å². The molecule has 0 atom stereocenters. The Bertz CT molecular complexity index is 636. The average Bonchev–Trinajstić information content (AvgIpc) is 2.79. The van der Waals surface area contributed by atoms with Crippen molar-refractivity contribution in [1.29, 1.82) is 0 Å². The second-order valence-electron chi connectivity index (χ2n) is 5.37. The molecule has 2 amide bonds. The van der Waals surface area contributed by atoms with Crippen LogP contribution in [0.4, 0.5) is 11.4 Å². The van der Waals surface area contributed by atoms with Crippen LogP contribution in [0.1, 0.15) is 19.4 Å². The number of aliphatic hydroxyl groups excluding tert-OH is 1. The van der Waals surface area contributed by atoms with E-state index < -0.39 is 11.8 Å². The highest BCUT2D eigenvalue weighted by Gasteiger charge is 2.30. The van der Waals surface area contributed by atoms with Crippen LogP contribution in [0.5, 0.6) is 0 Å². The zero-order valence-electron chi connectivity index (χ0n) is 13.8. The lowest BCUT2D eigenvalue weighted by Gasteiger charge is -2.22. The van der Waals surface area contributed by atoms with Gasteiger partial charge in [-0.15, -0.1) is 0 Å². The molecule has 0 aliphatic carbocycles. The first kappa shape index (κ1) is 17.0. The van der Waals surface area contributed by atoms with Gasteiger partial charge in [0.05, 0.1) is 13.2 Å². The summed E-state index contributed by atoms with van der Waals surface area (Å²) in [6, 6.07) is 5.97. The summed E-state index contributed by atoms with van der Waals surface area (Å²) in [6.07, 6.45) is 1.27. The SMILES string of the molecule is CCN(CC)c1ccc(NC2=CC(=O)N(CCO)C2=O)c(C)c1. The van der Waals surface area contributed by atoms with Crippen LogP contribution in [0.25, 0.3) is 0 Å². The van der Waals surface area contributed by atoms with Crippen LogP contribution in [0, 0.1) is 6.92 Å². The van der Waals surface area contributed by atoms with Gasteiger partial charge in [0, 0.05) is 30.5 Å². The van der Waals surface area contributed by atoms with Crippen LogP contribution in [-0.4, -0.2) is 48.1 Å². The quantitative estimate of drug-likeness (QED) is 0.746. The molecule has 0 radical (unpaired) electrons. The Labute approximate surface area is 136 Å². The van der Waals surface area contributed by atoms with E-state index in [4.69, 9.17) is 5.11 Å². The molecule has 0 bridgehead atoms. The molecule has 0 spiro atoms. The maximum absolute atomic E-state index is 12.1. The minimum Gasteiger partial charge on any atom is -0.395 e. The van der Waals surface area contributed by atoms with Gasteiger partial charge in [-0.25, -0.2) is 0 Å². The summed E-state index contributed by atoms with van der Waals surface area (Å²) in [5.74, 6) is -0.805. The number of β-amino-alcohol motifs (C(OH)–C–C–N with tert-alkyl or cyclic N) is 1. The van der Waals surface area contributed by atoms with Crippen molar-refractivity contribution in [3.63, 3.8) is 0 Å². The Morgan fingerprint density at radius 3 is 2.48 bits per heavy atom. The highest BCUT2D eigenvalue weighted by molar-refractivity contribution is 6.17. The van der Waals surface area contributed by atoms with Crippen LogP contribution in [-0.2, 0) is 9.59 Å². The molecule has 0 unspecified atom stereocenters. The fraction of sp³-hybridized carbons (Fsp3) is 0.412. The van der Waals surface area contributed by atoms with Gasteiger partial charge in [-0.2, -0.15) is 0 Å². The van der Waals surface area contributed by atoms with Gasteiger partial charge in [-0.3, -0.25) is 14.5 Å². The monoisotopic (exact) mass is 317 g/mol. The number of nitrogens with zero attached hydrogens (tertiary/aromatic N) is 2. The molecule has 124 valence electrons. The second-order valence-corrected chi connectivity index (χ2v) is 5.37. The van der Waals surface area contributed by atoms with Crippen LogP contribution in [0.2, 0.25) is 0 Å². The third-order valence-corrected chi connectivity index (χ3v) is 3.94. The van der Waals surface area contributed by atoms with Gasteiger partial charge in [-0.1, -0.05) is 0 Å². The van der Waals surface area contributed by atoms with Crippen LogP contribution in [0.15, 0.2) is 30.0 Å². The molecular weight excluding hydrogens is 294 g/mol. The number of anilines is 2. The largest absolute Gasteiger partial charge is 0.395 e. The minimum absolute atomic E-state index is 0.0131. The standard InChI is InChI=1S/C17H23N3O3/c1-4-19(5-2)13-6-7-14(12(3)10-13)18-15-11-16(22)20(8-9-21)17(15)23/h6-7,10-11,18,21H,4-5,8-9H2,1-3H3. The summed E-state index contributed by atoms with van der Waals surface area (Å²) in [7, 11) is 0. The van der Waals surface area contributed by atoms with Gasteiger partial charge in [0.2, 0.25) is 0 Å². The van der Waals surface area contributed by atoms with Crippen molar-refractivity contribution in [2.75, 3.05) is 36.5 Å². The molecule has 1 aromatic rings. The lowest BCUT2D eigenvalue weighted by Crippen LogP contribution is -2.34. The van der Waals surface area contributed by atoms with Gasteiger partial charge in [0.1, 0.15) is 5.70 Å². The number of nitrogens with one attached hydrogen (secondary N) is 1. The summed E-state index contributed by atoms with van der Waals surface area (Å²) < 4.78 is 0. The predicted octanol–water partition coefficient (Wildman–Crippen LogP) is 1.50. The van der Waals surface area contributed by atoms with Gasteiger partial charge < -0.3 is 15.3 Å². The number of carbonyl (C=O) groups excluding carboxylic acids is 2. The van der Waals surface area contributed by atoms with E-state index in [1.807, 2.05) is 19.1 Å². The number of benzene rings is 1. The first-order chi connectivity index (χ1) is 11.0. The molecule has 23 heavy (non-hydrogen) atoms. The molecule has 1 aromatic carbocycles. The van der Waals surface area contributed by atoms with Crippen LogP contribution >= 0.6 is 0 Å². The summed E-state index contributed by atoms with van der Waals surface area (Å²) in [5, 5.41) is 11.9. The van der Waals surface area contributed by atoms with Crippen molar-refractivity contribution in [3.05, 3.63) is 35.5 Å². The highest BCUT2D eigenvalue weighted by Crippen LogP contribution is 2.25. The van der Waals surface area contributed by atoms with Crippen molar-refractivity contribution in [1.82, 2.24) is 4.90 Å². The van der Waals surface area contributed by atoms with E-state index in [2.05, 4.69) is 30.1 Å². The Hall–Kier alpha value is -2.34. The molecule has 1 aliphatic heterocycles. The summed E-state index contributed by atoms with van der Waals surface area (Å²) in [5.41, 5.74) is 3.15. The van der Waals surface area contributed by atoms with Crippen molar-refractivity contribution in [2.24, 2.45) is 0 Å². The smallest absolute Gasteiger partial charge is 0.277 e. The third-order valence-electron chi connectivity index (χ3n) is 3.94.